The summed E-state index contributed by atoms with van der Waals surface area (Å²) in [6.45, 7) is 2.78. The minimum atomic E-state index is 0.107. The maximum Gasteiger partial charge on any atom is 0.0295 e. The zero-order chi connectivity index (χ0) is 10.6. The minimum Gasteiger partial charge on any atom is -0.330 e. The van der Waals surface area contributed by atoms with Gasteiger partial charge in [0.25, 0.3) is 0 Å². The van der Waals surface area contributed by atoms with Gasteiger partial charge in [-0.25, -0.2) is 0 Å². The number of hydrogen-bond donors (Lipinski definition) is 2. The highest BCUT2D eigenvalue weighted by atomic mass is 79.9. The largest absolute Gasteiger partial charge is 0.330 e. The van der Waals surface area contributed by atoms with E-state index in [9.17, 15) is 0 Å². The highest BCUT2D eigenvalue weighted by Gasteiger charge is 2.06. The van der Waals surface area contributed by atoms with E-state index in [1.54, 1.807) is 0 Å². The third-order valence-electron chi connectivity index (χ3n) is 2.34. The van der Waals surface area contributed by atoms with Crippen LogP contribution in [0.1, 0.15) is 30.0 Å². The van der Waals surface area contributed by atoms with Crippen molar-refractivity contribution in [3.8, 4) is 0 Å². The average Bonchev–Trinajstić information content (AvgIpc) is 2.18. The summed E-state index contributed by atoms with van der Waals surface area (Å²) in [4.78, 5) is 0. The van der Waals surface area contributed by atoms with Gasteiger partial charge in [0.15, 0.2) is 0 Å². The van der Waals surface area contributed by atoms with Gasteiger partial charge in [0, 0.05) is 10.5 Å². The second-order valence-corrected chi connectivity index (χ2v) is 4.40. The number of benzene rings is 1. The van der Waals surface area contributed by atoms with Gasteiger partial charge in [0.2, 0.25) is 0 Å². The van der Waals surface area contributed by atoms with Crippen LogP contribution >= 0.6 is 15.9 Å². The van der Waals surface area contributed by atoms with Crippen molar-refractivity contribution in [2.75, 3.05) is 6.54 Å². The quantitative estimate of drug-likeness (QED) is 0.870. The molecule has 0 aliphatic heterocycles. The monoisotopic (exact) mass is 256 g/mol. The lowest BCUT2D eigenvalue weighted by Crippen LogP contribution is -2.12. The van der Waals surface area contributed by atoms with Crippen molar-refractivity contribution in [1.82, 2.24) is 0 Å². The van der Waals surface area contributed by atoms with E-state index < -0.39 is 0 Å². The summed E-state index contributed by atoms with van der Waals surface area (Å²) in [5, 5.41) is 0. The summed E-state index contributed by atoms with van der Waals surface area (Å²) in [5.41, 5.74) is 13.9. The smallest absolute Gasteiger partial charge is 0.0295 e. The lowest BCUT2D eigenvalue weighted by Gasteiger charge is -2.12. The standard InChI is InChI=1S/C11H17BrN2/c1-8-4-5-9(7-10(8)12)11(14)3-2-6-13/h4-5,7,11H,2-3,6,13-14H2,1H3/t11-/m0/s1. The molecular formula is C11H17BrN2. The van der Waals surface area contributed by atoms with Gasteiger partial charge in [-0.05, 0) is 43.5 Å². The Morgan fingerprint density at radius 2 is 2.14 bits per heavy atom. The molecule has 0 bridgehead atoms. The molecule has 1 rings (SSSR count). The average molecular weight is 257 g/mol. The van der Waals surface area contributed by atoms with Crippen molar-refractivity contribution in [1.29, 1.82) is 0 Å². The van der Waals surface area contributed by atoms with Crippen LogP contribution in [0.3, 0.4) is 0 Å². The van der Waals surface area contributed by atoms with Crippen LogP contribution in [0.15, 0.2) is 22.7 Å². The summed E-state index contributed by atoms with van der Waals surface area (Å²) in [5.74, 6) is 0. The summed E-state index contributed by atoms with van der Waals surface area (Å²) < 4.78 is 1.12. The fourth-order valence-electron chi connectivity index (χ4n) is 1.34. The number of aryl methyl sites for hydroxylation is 1. The molecule has 0 radical (unpaired) electrons. The molecule has 1 atom stereocenters. The summed E-state index contributed by atoms with van der Waals surface area (Å²) >= 11 is 3.50. The van der Waals surface area contributed by atoms with Gasteiger partial charge in [-0.15, -0.1) is 0 Å². The highest BCUT2D eigenvalue weighted by Crippen LogP contribution is 2.22. The van der Waals surface area contributed by atoms with Crippen LogP contribution in [0, 0.1) is 6.92 Å². The fourth-order valence-corrected chi connectivity index (χ4v) is 1.74. The van der Waals surface area contributed by atoms with Gasteiger partial charge in [-0.1, -0.05) is 28.1 Å². The third-order valence-corrected chi connectivity index (χ3v) is 3.20. The Morgan fingerprint density at radius 1 is 1.43 bits per heavy atom. The lowest BCUT2D eigenvalue weighted by molar-refractivity contribution is 0.617. The molecule has 0 saturated carbocycles. The topological polar surface area (TPSA) is 52.0 Å². The van der Waals surface area contributed by atoms with E-state index in [-0.39, 0.29) is 6.04 Å². The number of hydrogen-bond acceptors (Lipinski definition) is 2. The molecule has 3 heteroatoms. The molecule has 0 unspecified atom stereocenters. The van der Waals surface area contributed by atoms with E-state index in [0.29, 0.717) is 6.54 Å². The Kier molecular flexibility index (Phi) is 4.58. The van der Waals surface area contributed by atoms with E-state index in [0.717, 1.165) is 17.3 Å². The Balaban J connectivity index is 2.70. The first-order chi connectivity index (χ1) is 6.65. The molecule has 14 heavy (non-hydrogen) atoms. The van der Waals surface area contributed by atoms with Crippen LogP contribution in [0.25, 0.3) is 0 Å². The van der Waals surface area contributed by atoms with Gasteiger partial charge in [-0.2, -0.15) is 0 Å². The summed E-state index contributed by atoms with van der Waals surface area (Å²) in [7, 11) is 0. The normalized spacial score (nSPS) is 12.9. The van der Waals surface area contributed by atoms with Crippen LogP contribution in [-0.4, -0.2) is 6.54 Å². The SMILES string of the molecule is Cc1ccc([C@@H](N)CCCN)cc1Br. The van der Waals surface area contributed by atoms with Gasteiger partial charge in [0.1, 0.15) is 0 Å². The van der Waals surface area contributed by atoms with E-state index >= 15 is 0 Å². The van der Waals surface area contributed by atoms with Crippen LogP contribution < -0.4 is 11.5 Å². The molecule has 0 aromatic heterocycles. The predicted molar refractivity (Wildman–Crippen MR) is 64.1 cm³/mol. The molecular weight excluding hydrogens is 240 g/mol. The Morgan fingerprint density at radius 3 is 2.71 bits per heavy atom. The number of nitrogens with two attached hydrogens (primary N) is 2. The maximum absolute atomic E-state index is 6.02. The highest BCUT2D eigenvalue weighted by molar-refractivity contribution is 9.10. The molecule has 1 aromatic rings. The Labute approximate surface area is 93.8 Å². The van der Waals surface area contributed by atoms with Crippen LogP contribution in [0.2, 0.25) is 0 Å². The van der Waals surface area contributed by atoms with Gasteiger partial charge >= 0.3 is 0 Å². The van der Waals surface area contributed by atoms with Crippen molar-refractivity contribution in [2.24, 2.45) is 11.5 Å². The summed E-state index contributed by atoms with van der Waals surface area (Å²) in [6, 6.07) is 6.37. The molecule has 0 aliphatic rings. The van der Waals surface area contributed by atoms with E-state index in [4.69, 9.17) is 11.5 Å². The van der Waals surface area contributed by atoms with E-state index in [2.05, 4.69) is 41.1 Å². The molecule has 1 aromatic carbocycles. The van der Waals surface area contributed by atoms with Crippen molar-refractivity contribution in [2.45, 2.75) is 25.8 Å². The molecule has 0 fully saturated rings. The molecule has 0 saturated heterocycles. The molecule has 0 aliphatic carbocycles. The second kappa shape index (κ2) is 5.49. The Hall–Kier alpha value is -0.380. The molecule has 78 valence electrons. The third kappa shape index (κ3) is 3.08. The van der Waals surface area contributed by atoms with E-state index in [1.807, 2.05) is 0 Å². The van der Waals surface area contributed by atoms with Gasteiger partial charge < -0.3 is 11.5 Å². The molecule has 4 N–H and O–H groups in total. The van der Waals surface area contributed by atoms with Crippen molar-refractivity contribution < 1.29 is 0 Å². The number of rotatable bonds is 4. The van der Waals surface area contributed by atoms with Crippen LogP contribution in [0.5, 0.6) is 0 Å². The summed E-state index contributed by atoms with van der Waals surface area (Å²) in [6.07, 6.45) is 1.93. The minimum absolute atomic E-state index is 0.107. The fraction of sp³-hybridized carbons (Fsp3) is 0.455. The molecule has 2 nitrogen and oxygen atoms in total. The van der Waals surface area contributed by atoms with Crippen molar-refractivity contribution >= 4 is 15.9 Å². The van der Waals surface area contributed by atoms with Gasteiger partial charge in [0.05, 0.1) is 0 Å². The Bertz CT molecular complexity index is 299. The first kappa shape index (κ1) is 11.7. The molecule has 0 spiro atoms. The first-order valence-corrected chi connectivity index (χ1v) is 5.66. The molecule has 0 heterocycles. The van der Waals surface area contributed by atoms with Gasteiger partial charge in [-0.3, -0.25) is 0 Å². The zero-order valence-corrected chi connectivity index (χ0v) is 10.0. The van der Waals surface area contributed by atoms with E-state index in [1.165, 1.54) is 11.1 Å². The lowest BCUT2D eigenvalue weighted by atomic mass is 10.0. The zero-order valence-electron chi connectivity index (χ0n) is 8.46. The first-order valence-electron chi connectivity index (χ1n) is 4.87. The number of halogens is 1. The van der Waals surface area contributed by atoms with Crippen molar-refractivity contribution in [3.05, 3.63) is 33.8 Å². The van der Waals surface area contributed by atoms with Crippen LogP contribution in [0.4, 0.5) is 0 Å². The van der Waals surface area contributed by atoms with Crippen molar-refractivity contribution in [3.63, 3.8) is 0 Å². The van der Waals surface area contributed by atoms with Crippen LogP contribution in [-0.2, 0) is 0 Å². The predicted octanol–water partition coefficient (Wildman–Crippen LogP) is 2.50. The maximum atomic E-state index is 6.02. The second-order valence-electron chi connectivity index (χ2n) is 3.55. The molecule has 0 amide bonds.